The number of carbonyl (C=O) groups excluding carboxylic acids is 2. The quantitative estimate of drug-likeness (QED) is 0.282. The van der Waals surface area contributed by atoms with Crippen LogP contribution in [0.1, 0.15) is 23.0 Å². The molecule has 2 aromatic carbocycles. The molecule has 5 rings (SSSR count). The van der Waals surface area contributed by atoms with E-state index in [1.807, 2.05) is 47.8 Å². The third-order valence-electron chi connectivity index (χ3n) is 5.91. The molecule has 0 aliphatic heterocycles. The van der Waals surface area contributed by atoms with Crippen molar-refractivity contribution in [2.75, 3.05) is 5.32 Å². The van der Waals surface area contributed by atoms with E-state index in [0.717, 1.165) is 10.6 Å². The summed E-state index contributed by atoms with van der Waals surface area (Å²) in [4.78, 5) is 31.8. The molecule has 1 amide bonds. The van der Waals surface area contributed by atoms with Crippen LogP contribution in [0.15, 0.2) is 83.1 Å². The second kappa shape index (κ2) is 10.4. The number of aryl methyl sites for hydroxylation is 1. The zero-order chi connectivity index (χ0) is 27.7. The van der Waals surface area contributed by atoms with E-state index in [1.165, 1.54) is 42.5 Å². The monoisotopic (exact) mass is 561 g/mol. The van der Waals surface area contributed by atoms with Crippen molar-refractivity contribution in [2.24, 2.45) is 5.14 Å². The molecule has 0 radical (unpaired) electrons. The third-order valence-corrected chi connectivity index (χ3v) is 7.73. The Morgan fingerprint density at radius 3 is 2.41 bits per heavy atom. The number of nitrogens with zero attached hydrogens (tertiary/aromatic N) is 3. The van der Waals surface area contributed by atoms with Gasteiger partial charge in [0.25, 0.3) is 5.91 Å². The van der Waals surface area contributed by atoms with Gasteiger partial charge < -0.3 is 10.1 Å². The van der Waals surface area contributed by atoms with Crippen molar-refractivity contribution in [1.82, 2.24) is 14.8 Å². The first-order valence-electron chi connectivity index (χ1n) is 11.8. The maximum atomic E-state index is 13.5. The minimum atomic E-state index is -3.86. The molecule has 12 heteroatoms. The van der Waals surface area contributed by atoms with Crippen molar-refractivity contribution >= 4 is 50.0 Å². The van der Waals surface area contributed by atoms with Gasteiger partial charge in [-0.25, -0.2) is 28.0 Å². The van der Waals surface area contributed by atoms with Crippen LogP contribution in [0.2, 0.25) is 0 Å². The predicted octanol–water partition coefficient (Wildman–Crippen LogP) is 4.29. The molecule has 0 aliphatic rings. The Balaban J connectivity index is 1.46. The topological polar surface area (TPSA) is 146 Å². The number of sulfonamides is 1. The highest BCUT2D eigenvalue weighted by Crippen LogP contribution is 2.31. The second-order valence-electron chi connectivity index (χ2n) is 8.67. The Kier molecular flexibility index (Phi) is 7.00. The summed E-state index contributed by atoms with van der Waals surface area (Å²) >= 11 is 1.48. The first-order chi connectivity index (χ1) is 18.6. The van der Waals surface area contributed by atoms with Gasteiger partial charge in [0.2, 0.25) is 10.0 Å². The zero-order valence-electron chi connectivity index (χ0n) is 20.9. The van der Waals surface area contributed by atoms with Crippen LogP contribution in [0.5, 0.6) is 0 Å². The number of benzene rings is 2. The maximum Gasteiger partial charge on any atom is 0.339 e. The lowest BCUT2D eigenvalue weighted by atomic mass is 10.1. The number of para-hydroxylation sites is 1. The van der Waals surface area contributed by atoms with E-state index < -0.39 is 28.0 Å². The van der Waals surface area contributed by atoms with Gasteiger partial charge in [0.05, 0.1) is 37.8 Å². The molecule has 3 aromatic heterocycles. The molecule has 1 atom stereocenters. The van der Waals surface area contributed by atoms with Crippen molar-refractivity contribution in [1.29, 1.82) is 0 Å². The molecule has 1 unspecified atom stereocenters. The van der Waals surface area contributed by atoms with Gasteiger partial charge in [0.15, 0.2) is 11.8 Å². The smallest absolute Gasteiger partial charge is 0.339 e. The maximum absolute atomic E-state index is 13.5. The van der Waals surface area contributed by atoms with Crippen LogP contribution in [-0.2, 0) is 19.6 Å². The summed E-state index contributed by atoms with van der Waals surface area (Å²) < 4.78 is 30.2. The number of pyridine rings is 1. The summed E-state index contributed by atoms with van der Waals surface area (Å²) in [5.41, 5.74) is 2.99. The van der Waals surface area contributed by atoms with Crippen LogP contribution in [0.3, 0.4) is 0 Å². The van der Waals surface area contributed by atoms with Crippen LogP contribution < -0.4 is 10.5 Å². The SMILES string of the molecule is Cc1nn(-c2ccccc2)c2nc(-c3cccs3)cc(C(=O)OC(C)C(=O)Nc3ccc(S(N)(=O)=O)cc3)c12. The van der Waals surface area contributed by atoms with Crippen LogP contribution >= 0.6 is 11.3 Å². The number of hydrogen-bond acceptors (Lipinski definition) is 8. The van der Waals surface area contributed by atoms with Gasteiger partial charge in [-0.15, -0.1) is 11.3 Å². The molecule has 5 aromatic rings. The van der Waals surface area contributed by atoms with Crippen molar-refractivity contribution in [2.45, 2.75) is 24.8 Å². The summed E-state index contributed by atoms with van der Waals surface area (Å²) in [6.07, 6.45) is -1.16. The number of nitrogens with one attached hydrogen (secondary N) is 1. The van der Waals surface area contributed by atoms with Gasteiger partial charge in [0, 0.05) is 5.69 Å². The molecule has 39 heavy (non-hydrogen) atoms. The van der Waals surface area contributed by atoms with Crippen molar-refractivity contribution < 1.29 is 22.7 Å². The van der Waals surface area contributed by atoms with Gasteiger partial charge in [0.1, 0.15) is 0 Å². The molecule has 3 N–H and O–H groups in total. The summed E-state index contributed by atoms with van der Waals surface area (Å²) in [6.45, 7) is 3.23. The number of rotatable bonds is 7. The van der Waals surface area contributed by atoms with Crippen molar-refractivity contribution in [3.8, 4) is 16.3 Å². The van der Waals surface area contributed by atoms with E-state index in [-0.39, 0.29) is 10.5 Å². The lowest BCUT2D eigenvalue weighted by Gasteiger charge is -2.15. The Labute approximate surface area is 228 Å². The van der Waals surface area contributed by atoms with Crippen LogP contribution in [0, 0.1) is 6.92 Å². The molecular weight excluding hydrogens is 538 g/mol. The number of anilines is 1. The Bertz CT molecular complexity index is 1780. The van der Waals surface area contributed by atoms with Gasteiger partial charge in [-0.05, 0) is 67.8 Å². The molecule has 0 bridgehead atoms. The van der Waals surface area contributed by atoms with Gasteiger partial charge in [-0.1, -0.05) is 24.3 Å². The van der Waals surface area contributed by atoms with Gasteiger partial charge in [-0.3, -0.25) is 4.79 Å². The van der Waals surface area contributed by atoms with Crippen LogP contribution in [-0.4, -0.2) is 41.2 Å². The highest BCUT2D eigenvalue weighted by atomic mass is 32.2. The number of hydrogen-bond donors (Lipinski definition) is 2. The number of nitrogens with two attached hydrogens (primary N) is 1. The predicted molar refractivity (Wildman–Crippen MR) is 148 cm³/mol. The average Bonchev–Trinajstić information content (AvgIpc) is 3.57. The summed E-state index contributed by atoms with van der Waals surface area (Å²) in [5, 5.41) is 14.8. The van der Waals surface area contributed by atoms with Gasteiger partial charge >= 0.3 is 5.97 Å². The molecule has 0 spiro atoms. The Hall–Kier alpha value is -4.39. The summed E-state index contributed by atoms with van der Waals surface area (Å²) in [6, 6.07) is 20.2. The molecular formula is C27H23N5O5S2. The van der Waals surface area contributed by atoms with Crippen molar-refractivity contribution in [3.63, 3.8) is 0 Å². The average molecular weight is 562 g/mol. The lowest BCUT2D eigenvalue weighted by molar-refractivity contribution is -0.123. The zero-order valence-corrected chi connectivity index (χ0v) is 22.5. The lowest BCUT2D eigenvalue weighted by Crippen LogP contribution is -2.30. The largest absolute Gasteiger partial charge is 0.449 e. The number of thiophene rings is 1. The van der Waals surface area contributed by atoms with Gasteiger partial charge in [-0.2, -0.15) is 5.10 Å². The fourth-order valence-corrected chi connectivity index (χ4v) is 5.20. The minimum absolute atomic E-state index is 0.0883. The van der Waals surface area contributed by atoms with E-state index in [2.05, 4.69) is 10.4 Å². The standard InChI is InChI=1S/C27H23N5O5S2/c1-16-24-21(27(34)37-17(2)26(33)29-18-10-12-20(13-11-18)39(28,35)36)15-22(23-9-6-14-38-23)30-25(24)32(31-16)19-7-4-3-5-8-19/h3-15,17H,1-2H3,(H,29,33)(H2,28,35,36). The number of ether oxygens (including phenoxy) is 1. The number of fused-ring (bicyclic) bond motifs is 1. The summed E-state index contributed by atoms with van der Waals surface area (Å²) in [5.74, 6) is -1.30. The molecule has 10 nitrogen and oxygen atoms in total. The number of amides is 1. The molecule has 3 heterocycles. The Morgan fingerprint density at radius 2 is 1.77 bits per heavy atom. The van der Waals surface area contributed by atoms with E-state index in [0.29, 0.717) is 28.1 Å². The first kappa shape index (κ1) is 26.2. The number of esters is 1. The fourth-order valence-electron chi connectivity index (χ4n) is 4.00. The number of carbonyl (C=O) groups is 2. The fraction of sp³-hybridized carbons (Fsp3) is 0.111. The van der Waals surface area contributed by atoms with Crippen LogP contribution in [0.4, 0.5) is 5.69 Å². The molecule has 0 saturated heterocycles. The summed E-state index contributed by atoms with van der Waals surface area (Å²) in [7, 11) is -3.86. The highest BCUT2D eigenvalue weighted by Gasteiger charge is 2.25. The molecule has 198 valence electrons. The first-order valence-corrected chi connectivity index (χ1v) is 14.2. The third kappa shape index (κ3) is 5.43. The van der Waals surface area contributed by atoms with E-state index >= 15 is 0 Å². The molecule has 0 saturated carbocycles. The minimum Gasteiger partial charge on any atom is -0.449 e. The van der Waals surface area contributed by atoms with Crippen LogP contribution in [0.25, 0.3) is 27.3 Å². The normalized spacial score (nSPS) is 12.3. The van der Waals surface area contributed by atoms with Crippen molar-refractivity contribution in [3.05, 3.63) is 89.4 Å². The molecule has 0 fully saturated rings. The van der Waals surface area contributed by atoms with E-state index in [9.17, 15) is 18.0 Å². The van der Waals surface area contributed by atoms with E-state index in [1.54, 1.807) is 17.7 Å². The number of primary sulfonamides is 1. The highest BCUT2D eigenvalue weighted by molar-refractivity contribution is 7.89. The molecule has 0 aliphatic carbocycles. The second-order valence-corrected chi connectivity index (χ2v) is 11.2. The number of aromatic nitrogens is 3. The van der Waals surface area contributed by atoms with E-state index in [4.69, 9.17) is 14.9 Å². The Morgan fingerprint density at radius 1 is 1.05 bits per heavy atom.